The summed E-state index contributed by atoms with van der Waals surface area (Å²) in [6.45, 7) is 2.29. The largest absolute Gasteiger partial charge is 0.488 e. The first-order valence-electron chi connectivity index (χ1n) is 8.10. The van der Waals surface area contributed by atoms with E-state index in [9.17, 15) is 18.0 Å². The van der Waals surface area contributed by atoms with Crippen LogP contribution in [0.15, 0.2) is 29.6 Å². The minimum Gasteiger partial charge on any atom is -0.488 e. The third-order valence-electron chi connectivity index (χ3n) is 3.57. The van der Waals surface area contributed by atoms with Crippen LogP contribution in [0.25, 0.3) is 0 Å². The summed E-state index contributed by atoms with van der Waals surface area (Å²) in [6, 6.07) is 5.02. The number of ether oxygens (including phenoxy) is 1. The molecule has 0 aliphatic carbocycles. The normalized spacial score (nSPS) is 12.7. The summed E-state index contributed by atoms with van der Waals surface area (Å²) >= 11 is 1.34. The number of nitrogens with zero attached hydrogens (tertiary/aromatic N) is 1. The fourth-order valence-electron chi connectivity index (χ4n) is 2.20. The molecule has 0 saturated carbocycles. The molecule has 0 radical (unpaired) electrons. The molecule has 5 nitrogen and oxygen atoms in total. The first kappa shape index (κ1) is 20.2. The lowest BCUT2D eigenvalue weighted by Gasteiger charge is -2.21. The molecule has 0 spiro atoms. The first-order chi connectivity index (χ1) is 12.3. The molecule has 2 aromatic rings. The summed E-state index contributed by atoms with van der Waals surface area (Å²) in [5.41, 5.74) is 4.88. The monoisotopic (exact) mass is 387 g/mol. The number of para-hydroxylation sites is 1. The van der Waals surface area contributed by atoms with Gasteiger partial charge in [0.2, 0.25) is 0 Å². The molecular weight excluding hydrogens is 367 g/mol. The summed E-state index contributed by atoms with van der Waals surface area (Å²) in [5.74, 6) is -0.643. The van der Waals surface area contributed by atoms with Gasteiger partial charge in [-0.15, -0.1) is 11.3 Å². The fraction of sp³-hybridized carbons (Fsp3) is 0.412. The fourth-order valence-corrected chi connectivity index (χ4v) is 3.00. The number of nitrogens with one attached hydrogen (secondary N) is 1. The van der Waals surface area contributed by atoms with Crippen molar-refractivity contribution in [2.45, 2.75) is 32.0 Å². The highest BCUT2D eigenvalue weighted by Gasteiger charge is 2.34. The van der Waals surface area contributed by atoms with Crippen molar-refractivity contribution in [2.75, 3.05) is 13.1 Å². The molecule has 1 aromatic carbocycles. The lowest BCUT2D eigenvalue weighted by molar-refractivity contribution is -0.139. The number of alkyl halides is 3. The van der Waals surface area contributed by atoms with E-state index in [1.54, 1.807) is 12.3 Å². The van der Waals surface area contributed by atoms with Crippen molar-refractivity contribution in [1.29, 1.82) is 0 Å². The Labute approximate surface area is 153 Å². The van der Waals surface area contributed by atoms with Crippen LogP contribution in [0.5, 0.6) is 5.75 Å². The molecule has 1 amide bonds. The van der Waals surface area contributed by atoms with E-state index >= 15 is 0 Å². The maximum Gasteiger partial charge on any atom is 0.419 e. The third kappa shape index (κ3) is 5.43. The number of aromatic nitrogens is 1. The number of rotatable bonds is 8. The highest BCUT2D eigenvalue weighted by atomic mass is 32.1. The van der Waals surface area contributed by atoms with Gasteiger partial charge in [0.05, 0.1) is 17.1 Å². The number of halogens is 3. The minimum atomic E-state index is -4.50. The second kappa shape index (κ2) is 9.00. The molecule has 0 aliphatic heterocycles. The van der Waals surface area contributed by atoms with Crippen LogP contribution in [0, 0.1) is 0 Å². The Morgan fingerprint density at radius 3 is 2.77 bits per heavy atom. The van der Waals surface area contributed by atoms with Crippen LogP contribution in [0.1, 0.15) is 34.4 Å². The number of carbonyl (C=O) groups excluding carboxylic acids is 1. The zero-order valence-electron chi connectivity index (χ0n) is 14.2. The molecule has 142 valence electrons. The topological polar surface area (TPSA) is 77.2 Å². The number of thiazole rings is 1. The second-order valence-corrected chi connectivity index (χ2v) is 6.46. The van der Waals surface area contributed by atoms with Crippen molar-refractivity contribution in [1.82, 2.24) is 10.3 Å². The summed E-state index contributed by atoms with van der Waals surface area (Å²) in [6.07, 6.45) is -4.07. The van der Waals surface area contributed by atoms with Crippen LogP contribution in [0.2, 0.25) is 0 Å². The van der Waals surface area contributed by atoms with Crippen LogP contribution in [0.3, 0.4) is 0 Å². The molecule has 0 aliphatic rings. The van der Waals surface area contributed by atoms with Gasteiger partial charge in [0.15, 0.2) is 0 Å². The van der Waals surface area contributed by atoms with E-state index in [2.05, 4.69) is 10.3 Å². The van der Waals surface area contributed by atoms with Gasteiger partial charge in [-0.1, -0.05) is 19.1 Å². The van der Waals surface area contributed by atoms with Gasteiger partial charge >= 0.3 is 6.18 Å². The zero-order valence-corrected chi connectivity index (χ0v) is 15.0. The molecule has 1 atom stereocenters. The van der Waals surface area contributed by atoms with Crippen LogP contribution < -0.4 is 15.8 Å². The van der Waals surface area contributed by atoms with Gasteiger partial charge in [0.1, 0.15) is 17.5 Å². The van der Waals surface area contributed by atoms with Crippen LogP contribution in [-0.4, -0.2) is 30.1 Å². The highest BCUT2D eigenvalue weighted by molar-refractivity contribution is 7.09. The second-order valence-electron chi connectivity index (χ2n) is 5.52. The number of benzene rings is 1. The molecule has 9 heteroatoms. The van der Waals surface area contributed by atoms with Crippen molar-refractivity contribution < 1.29 is 22.7 Å². The van der Waals surface area contributed by atoms with Gasteiger partial charge in [-0.05, 0) is 25.1 Å². The van der Waals surface area contributed by atoms with E-state index in [4.69, 9.17) is 10.5 Å². The minimum absolute atomic E-state index is 0.0747. The Kier molecular flexibility index (Phi) is 6.98. The van der Waals surface area contributed by atoms with Gasteiger partial charge in [-0.3, -0.25) is 4.79 Å². The lowest BCUT2D eigenvalue weighted by atomic mass is 10.2. The van der Waals surface area contributed by atoms with Crippen LogP contribution in [-0.2, 0) is 12.6 Å². The standard InChI is InChI=1S/C17H20F3N3O2S/c1-2-11(25-14-6-4-3-5-12(14)17(18,19)20)9-22-16(24)13-10-26-15(23-13)7-8-21/h3-6,10-11H,2,7-9,21H2,1H3,(H,22,24). The molecule has 26 heavy (non-hydrogen) atoms. The van der Waals surface area contributed by atoms with Gasteiger partial charge in [0.25, 0.3) is 5.91 Å². The van der Waals surface area contributed by atoms with Gasteiger partial charge in [-0.2, -0.15) is 13.2 Å². The molecule has 1 aromatic heterocycles. The van der Waals surface area contributed by atoms with Crippen molar-refractivity contribution in [3.8, 4) is 5.75 Å². The Morgan fingerprint density at radius 2 is 2.12 bits per heavy atom. The van der Waals surface area contributed by atoms with Gasteiger partial charge in [0, 0.05) is 11.8 Å². The maximum absolute atomic E-state index is 13.0. The number of amides is 1. The van der Waals surface area contributed by atoms with Gasteiger partial charge < -0.3 is 15.8 Å². The number of hydrogen-bond acceptors (Lipinski definition) is 5. The van der Waals surface area contributed by atoms with E-state index in [0.29, 0.717) is 19.4 Å². The Hall–Kier alpha value is -2.13. The molecule has 1 heterocycles. The molecule has 0 bridgehead atoms. The Morgan fingerprint density at radius 1 is 1.38 bits per heavy atom. The van der Waals surface area contributed by atoms with E-state index in [0.717, 1.165) is 11.1 Å². The molecular formula is C17H20F3N3O2S. The molecule has 2 rings (SSSR count). The average molecular weight is 387 g/mol. The summed E-state index contributed by atoms with van der Waals surface area (Å²) in [7, 11) is 0. The first-order valence-corrected chi connectivity index (χ1v) is 8.98. The predicted octanol–water partition coefficient (Wildman–Crippen LogP) is 3.25. The summed E-state index contributed by atoms with van der Waals surface area (Å²) in [4.78, 5) is 16.3. The van der Waals surface area contributed by atoms with Crippen molar-refractivity contribution in [2.24, 2.45) is 5.73 Å². The molecule has 0 saturated heterocycles. The Bertz CT molecular complexity index is 734. The maximum atomic E-state index is 13.0. The third-order valence-corrected chi connectivity index (χ3v) is 4.48. The van der Waals surface area contributed by atoms with Gasteiger partial charge in [-0.25, -0.2) is 4.98 Å². The number of carbonyl (C=O) groups is 1. The number of hydrogen-bond donors (Lipinski definition) is 2. The van der Waals surface area contributed by atoms with Crippen LogP contribution in [0.4, 0.5) is 13.2 Å². The van der Waals surface area contributed by atoms with E-state index < -0.39 is 23.8 Å². The molecule has 0 fully saturated rings. The predicted molar refractivity (Wildman–Crippen MR) is 93.4 cm³/mol. The zero-order chi connectivity index (χ0) is 19.2. The number of nitrogens with two attached hydrogens (primary N) is 1. The Balaban J connectivity index is 1.98. The SMILES string of the molecule is CCC(CNC(=O)c1csc(CCN)n1)Oc1ccccc1C(F)(F)F. The van der Waals surface area contributed by atoms with E-state index in [1.165, 1.54) is 29.5 Å². The van der Waals surface area contributed by atoms with Crippen molar-refractivity contribution in [3.63, 3.8) is 0 Å². The molecule has 1 unspecified atom stereocenters. The van der Waals surface area contributed by atoms with E-state index in [-0.39, 0.29) is 18.0 Å². The highest BCUT2D eigenvalue weighted by Crippen LogP contribution is 2.36. The van der Waals surface area contributed by atoms with E-state index in [1.807, 2.05) is 0 Å². The molecule has 3 N–H and O–H groups in total. The summed E-state index contributed by atoms with van der Waals surface area (Å²) in [5, 5.41) is 5.04. The quantitative estimate of drug-likeness (QED) is 0.729. The van der Waals surface area contributed by atoms with Crippen molar-refractivity contribution in [3.05, 3.63) is 45.9 Å². The average Bonchev–Trinajstić information content (AvgIpc) is 3.07. The summed E-state index contributed by atoms with van der Waals surface area (Å²) < 4.78 is 44.6. The lowest BCUT2D eigenvalue weighted by Crippen LogP contribution is -2.35. The van der Waals surface area contributed by atoms with Crippen LogP contribution >= 0.6 is 11.3 Å². The smallest absolute Gasteiger partial charge is 0.419 e. The van der Waals surface area contributed by atoms with Crippen molar-refractivity contribution >= 4 is 17.2 Å².